The summed E-state index contributed by atoms with van der Waals surface area (Å²) in [5.41, 5.74) is 0. The number of nitrogens with one attached hydrogen (secondary N) is 1. The third-order valence-corrected chi connectivity index (χ3v) is 4.39. The molecule has 2 heterocycles. The number of halogens is 3. The summed E-state index contributed by atoms with van der Waals surface area (Å²) in [6, 6.07) is 0.0438. The average molecular weight is 292 g/mol. The van der Waals surface area contributed by atoms with Crippen LogP contribution in [0.5, 0.6) is 0 Å². The van der Waals surface area contributed by atoms with Crippen molar-refractivity contribution >= 4 is 16.5 Å². The van der Waals surface area contributed by atoms with E-state index in [4.69, 9.17) is 0 Å². The fourth-order valence-electron chi connectivity index (χ4n) is 2.31. The predicted molar refractivity (Wildman–Crippen MR) is 66.4 cm³/mol. The molecule has 4 nitrogen and oxygen atoms in total. The molecule has 1 aromatic heterocycles. The van der Waals surface area contributed by atoms with Crippen LogP contribution in [0.15, 0.2) is 0 Å². The summed E-state index contributed by atoms with van der Waals surface area (Å²) in [6.07, 6.45) is -1.04. The van der Waals surface area contributed by atoms with Gasteiger partial charge in [-0.1, -0.05) is 11.3 Å². The molecule has 106 valence electrons. The summed E-state index contributed by atoms with van der Waals surface area (Å²) in [7, 11) is 0. The maximum absolute atomic E-state index is 12.3. The van der Waals surface area contributed by atoms with Gasteiger partial charge in [0, 0.05) is 25.0 Å². The minimum Gasteiger partial charge on any atom is -0.356 e. The van der Waals surface area contributed by atoms with Crippen molar-refractivity contribution in [3.8, 4) is 0 Å². The second-order valence-corrected chi connectivity index (χ2v) is 6.21. The first-order valence-electron chi connectivity index (χ1n) is 6.38. The van der Waals surface area contributed by atoms with Gasteiger partial charge in [-0.3, -0.25) is 4.90 Å². The molecule has 0 bridgehead atoms. The first kappa shape index (κ1) is 13.1. The van der Waals surface area contributed by atoms with Crippen LogP contribution in [0.25, 0.3) is 0 Å². The van der Waals surface area contributed by atoms with Crippen LogP contribution in [0, 0.1) is 0 Å². The molecule has 1 unspecified atom stereocenters. The Kier molecular flexibility index (Phi) is 3.38. The van der Waals surface area contributed by atoms with E-state index in [2.05, 4.69) is 15.5 Å². The minimum absolute atomic E-state index is 0.0438. The number of alkyl halides is 3. The summed E-state index contributed by atoms with van der Waals surface area (Å²) in [4.78, 5) is 1.43. The van der Waals surface area contributed by atoms with E-state index in [9.17, 15) is 13.2 Å². The Balaban J connectivity index is 1.50. The molecule has 0 radical (unpaired) electrons. The highest BCUT2D eigenvalue weighted by molar-refractivity contribution is 7.15. The quantitative estimate of drug-likeness (QED) is 0.925. The molecule has 19 heavy (non-hydrogen) atoms. The van der Waals surface area contributed by atoms with E-state index < -0.39 is 12.7 Å². The maximum Gasteiger partial charge on any atom is 0.401 e. The van der Waals surface area contributed by atoms with Gasteiger partial charge < -0.3 is 5.32 Å². The molecule has 0 amide bonds. The Morgan fingerprint density at radius 3 is 2.74 bits per heavy atom. The lowest BCUT2D eigenvalue weighted by atomic mass is 10.3. The van der Waals surface area contributed by atoms with Crippen LogP contribution in [0.4, 0.5) is 18.3 Å². The lowest BCUT2D eigenvalue weighted by molar-refractivity contribution is -0.143. The van der Waals surface area contributed by atoms with Crippen LogP contribution < -0.4 is 5.32 Å². The van der Waals surface area contributed by atoms with Crippen molar-refractivity contribution in [2.75, 3.05) is 25.0 Å². The molecule has 3 rings (SSSR count). The number of aromatic nitrogens is 2. The van der Waals surface area contributed by atoms with Gasteiger partial charge >= 0.3 is 6.18 Å². The number of likely N-dealkylation sites (tertiary alicyclic amines) is 1. The smallest absolute Gasteiger partial charge is 0.356 e. The van der Waals surface area contributed by atoms with Crippen molar-refractivity contribution in [2.45, 2.75) is 37.4 Å². The predicted octanol–water partition coefficient (Wildman–Crippen LogP) is 2.46. The summed E-state index contributed by atoms with van der Waals surface area (Å²) < 4.78 is 36.8. The molecule has 0 spiro atoms. The first-order chi connectivity index (χ1) is 8.99. The number of hydrogen-bond acceptors (Lipinski definition) is 5. The molecule has 1 saturated heterocycles. The molecular weight excluding hydrogens is 277 g/mol. The highest BCUT2D eigenvalue weighted by Gasteiger charge is 2.34. The van der Waals surface area contributed by atoms with Gasteiger partial charge in [0.25, 0.3) is 0 Å². The van der Waals surface area contributed by atoms with Crippen molar-refractivity contribution in [1.29, 1.82) is 0 Å². The van der Waals surface area contributed by atoms with Crippen molar-refractivity contribution in [1.82, 2.24) is 15.1 Å². The molecule has 2 aliphatic rings. The van der Waals surface area contributed by atoms with E-state index in [0.29, 0.717) is 25.4 Å². The Morgan fingerprint density at radius 1 is 1.26 bits per heavy atom. The zero-order valence-electron chi connectivity index (χ0n) is 10.3. The summed E-state index contributed by atoms with van der Waals surface area (Å²) in [5.74, 6) is 0.568. The zero-order valence-corrected chi connectivity index (χ0v) is 11.1. The Labute approximate surface area is 113 Å². The van der Waals surface area contributed by atoms with Gasteiger partial charge in [0.05, 0.1) is 6.54 Å². The Morgan fingerprint density at radius 2 is 2.05 bits per heavy atom. The van der Waals surface area contributed by atoms with Gasteiger partial charge in [0.15, 0.2) is 0 Å². The van der Waals surface area contributed by atoms with Crippen LogP contribution in [0.3, 0.4) is 0 Å². The van der Waals surface area contributed by atoms with Crippen molar-refractivity contribution in [2.24, 2.45) is 0 Å². The van der Waals surface area contributed by atoms with E-state index in [0.717, 1.165) is 10.1 Å². The Hall–Kier alpha value is -0.890. The van der Waals surface area contributed by atoms with Crippen molar-refractivity contribution < 1.29 is 13.2 Å². The van der Waals surface area contributed by atoms with Crippen molar-refractivity contribution in [3.05, 3.63) is 5.01 Å². The Bertz CT molecular complexity index is 443. The van der Waals surface area contributed by atoms with Gasteiger partial charge in [-0.2, -0.15) is 13.2 Å². The summed E-state index contributed by atoms with van der Waals surface area (Å²) >= 11 is 1.53. The minimum atomic E-state index is -4.11. The zero-order chi connectivity index (χ0) is 13.5. The highest BCUT2D eigenvalue weighted by Crippen LogP contribution is 2.42. The molecule has 1 saturated carbocycles. The second-order valence-electron chi connectivity index (χ2n) is 5.20. The molecule has 1 aliphatic carbocycles. The summed E-state index contributed by atoms with van der Waals surface area (Å²) in [6.45, 7) is 0.0674. The van der Waals surface area contributed by atoms with E-state index in [1.54, 1.807) is 0 Å². The molecule has 1 N–H and O–H groups in total. The lowest BCUT2D eigenvalue weighted by Gasteiger charge is -2.17. The van der Waals surface area contributed by atoms with Crippen LogP contribution in [0.1, 0.15) is 30.2 Å². The van der Waals surface area contributed by atoms with Crippen LogP contribution >= 0.6 is 11.3 Å². The largest absolute Gasteiger partial charge is 0.401 e. The van der Waals surface area contributed by atoms with E-state index in [-0.39, 0.29) is 6.04 Å². The molecule has 8 heteroatoms. The number of hydrogen-bond donors (Lipinski definition) is 1. The van der Waals surface area contributed by atoms with Crippen LogP contribution in [-0.2, 0) is 0 Å². The first-order valence-corrected chi connectivity index (χ1v) is 7.20. The van der Waals surface area contributed by atoms with Gasteiger partial charge in [-0.15, -0.1) is 10.2 Å². The third-order valence-electron chi connectivity index (χ3n) is 3.37. The topological polar surface area (TPSA) is 41.0 Å². The van der Waals surface area contributed by atoms with E-state index in [1.807, 2.05) is 0 Å². The van der Waals surface area contributed by atoms with Crippen molar-refractivity contribution in [3.63, 3.8) is 0 Å². The fourth-order valence-corrected chi connectivity index (χ4v) is 3.30. The third kappa shape index (κ3) is 3.56. The van der Waals surface area contributed by atoms with Crippen LogP contribution in [-0.4, -0.2) is 46.9 Å². The van der Waals surface area contributed by atoms with Gasteiger partial charge in [0.2, 0.25) is 5.13 Å². The summed E-state index contributed by atoms with van der Waals surface area (Å²) in [5, 5.41) is 13.1. The number of nitrogens with zero attached hydrogens (tertiary/aromatic N) is 3. The van der Waals surface area contributed by atoms with Gasteiger partial charge in [0.1, 0.15) is 5.01 Å². The molecule has 2 fully saturated rings. The van der Waals surface area contributed by atoms with E-state index >= 15 is 0 Å². The normalized spacial score (nSPS) is 24.9. The standard InChI is InChI=1S/C11H15F3N4S/c12-11(13,14)6-18-4-3-8(5-18)15-10-17-16-9(19-10)7-1-2-7/h7-8H,1-6H2,(H,15,17). The average Bonchev–Trinajstić information content (AvgIpc) is 2.91. The number of anilines is 1. The van der Waals surface area contributed by atoms with Gasteiger partial charge in [-0.05, 0) is 19.3 Å². The molecular formula is C11H15F3N4S. The highest BCUT2D eigenvalue weighted by atomic mass is 32.1. The van der Waals surface area contributed by atoms with Crippen LogP contribution in [0.2, 0.25) is 0 Å². The second kappa shape index (κ2) is 4.90. The van der Waals surface area contributed by atoms with Gasteiger partial charge in [-0.25, -0.2) is 0 Å². The molecule has 0 aromatic carbocycles. The SMILES string of the molecule is FC(F)(F)CN1CCC(Nc2nnc(C3CC3)s2)C1. The lowest BCUT2D eigenvalue weighted by Crippen LogP contribution is -2.34. The molecule has 1 atom stereocenters. The number of rotatable bonds is 4. The fraction of sp³-hybridized carbons (Fsp3) is 0.818. The van der Waals surface area contributed by atoms with E-state index in [1.165, 1.54) is 29.1 Å². The molecule has 1 aliphatic heterocycles. The maximum atomic E-state index is 12.3. The molecule has 1 aromatic rings. The monoisotopic (exact) mass is 292 g/mol.